The van der Waals surface area contributed by atoms with Gasteiger partial charge in [-0.1, -0.05) is 12.8 Å². The van der Waals surface area contributed by atoms with Crippen LogP contribution in [0.1, 0.15) is 60.5 Å². The highest BCUT2D eigenvalue weighted by atomic mass is 16.5. The van der Waals surface area contributed by atoms with Gasteiger partial charge in [0.2, 0.25) is 5.43 Å². The third kappa shape index (κ3) is 4.84. The number of pyridine rings is 1. The van der Waals surface area contributed by atoms with Crippen molar-refractivity contribution in [1.82, 2.24) is 9.47 Å². The molecule has 2 aromatic rings. The zero-order chi connectivity index (χ0) is 25.2. The summed E-state index contributed by atoms with van der Waals surface area (Å²) >= 11 is 0. The molecule has 2 fully saturated rings. The smallest absolute Gasteiger partial charge is 0.343 e. The van der Waals surface area contributed by atoms with Gasteiger partial charge in [0, 0.05) is 42.9 Å². The van der Waals surface area contributed by atoms with Gasteiger partial charge in [-0.2, -0.15) is 0 Å². The maximum Gasteiger partial charge on any atom is 0.343 e. The molecule has 36 heavy (non-hydrogen) atoms. The number of anilines is 3. The molecule has 0 radical (unpaired) electrons. The monoisotopic (exact) mass is 492 g/mol. The SMILES string of the molecule is COC(=O)c1cn(C2CCCC2)c2c(c1=O)C=NC(Nc1ccc(NC3CCN(C)CC3)cc1)N2C. The summed E-state index contributed by atoms with van der Waals surface area (Å²) in [4.78, 5) is 34.5. The molecule has 192 valence electrons. The highest BCUT2D eigenvalue weighted by molar-refractivity contribution is 5.95. The summed E-state index contributed by atoms with van der Waals surface area (Å²) in [6, 6.07) is 9.05. The number of esters is 1. The van der Waals surface area contributed by atoms with E-state index in [1.807, 2.05) is 11.9 Å². The summed E-state index contributed by atoms with van der Waals surface area (Å²) in [7, 11) is 5.41. The number of benzene rings is 1. The molecule has 1 aliphatic carbocycles. The molecule has 1 aromatic heterocycles. The van der Waals surface area contributed by atoms with Gasteiger partial charge >= 0.3 is 5.97 Å². The lowest BCUT2D eigenvalue weighted by molar-refractivity contribution is 0.0598. The van der Waals surface area contributed by atoms with E-state index in [2.05, 4.69) is 56.4 Å². The number of carbonyl (C=O) groups excluding carboxylic acids is 1. The molecule has 1 saturated carbocycles. The number of hydrogen-bond donors (Lipinski definition) is 2. The molecule has 1 aromatic carbocycles. The maximum absolute atomic E-state index is 13.1. The highest BCUT2D eigenvalue weighted by Gasteiger charge is 2.31. The number of aromatic nitrogens is 1. The molecule has 0 spiro atoms. The van der Waals surface area contributed by atoms with E-state index in [9.17, 15) is 9.59 Å². The third-order valence-corrected chi connectivity index (χ3v) is 7.68. The van der Waals surface area contributed by atoms with Gasteiger partial charge in [-0.05, 0) is 70.1 Å². The van der Waals surface area contributed by atoms with E-state index in [0.29, 0.717) is 11.6 Å². The lowest BCUT2D eigenvalue weighted by Gasteiger charge is -2.36. The molecular weight excluding hydrogens is 456 g/mol. The Balaban J connectivity index is 1.36. The summed E-state index contributed by atoms with van der Waals surface area (Å²) in [5, 5.41) is 7.13. The molecule has 5 rings (SSSR count). The van der Waals surface area contributed by atoms with Gasteiger partial charge in [0.25, 0.3) is 0 Å². The summed E-state index contributed by atoms with van der Waals surface area (Å²) in [6.45, 7) is 2.25. The number of nitrogens with zero attached hydrogens (tertiary/aromatic N) is 4. The van der Waals surface area contributed by atoms with Crippen molar-refractivity contribution in [1.29, 1.82) is 0 Å². The Morgan fingerprint density at radius 1 is 1.00 bits per heavy atom. The van der Waals surface area contributed by atoms with Gasteiger partial charge in [0.1, 0.15) is 11.4 Å². The van der Waals surface area contributed by atoms with E-state index in [4.69, 9.17) is 4.74 Å². The fourth-order valence-corrected chi connectivity index (χ4v) is 5.54. The number of carbonyl (C=O) groups is 1. The summed E-state index contributed by atoms with van der Waals surface area (Å²) < 4.78 is 6.97. The van der Waals surface area contributed by atoms with E-state index in [1.165, 1.54) is 7.11 Å². The molecule has 9 nitrogen and oxygen atoms in total. The Morgan fingerprint density at radius 3 is 2.28 bits per heavy atom. The molecule has 9 heteroatoms. The number of piperidine rings is 1. The Bertz CT molecular complexity index is 1180. The zero-order valence-electron chi connectivity index (χ0n) is 21.4. The lowest BCUT2D eigenvalue weighted by Crippen LogP contribution is -2.43. The van der Waals surface area contributed by atoms with Crippen molar-refractivity contribution in [2.45, 2.75) is 56.9 Å². The Kier molecular flexibility index (Phi) is 7.00. The first kappa shape index (κ1) is 24.4. The summed E-state index contributed by atoms with van der Waals surface area (Å²) in [5.74, 6) is 0.174. The van der Waals surface area contributed by atoms with Gasteiger partial charge in [-0.3, -0.25) is 4.79 Å². The normalized spacial score (nSPS) is 20.9. The first-order chi connectivity index (χ1) is 17.4. The molecule has 1 unspecified atom stereocenters. The van der Waals surface area contributed by atoms with Crippen LogP contribution in [-0.4, -0.2) is 68.3 Å². The van der Waals surface area contributed by atoms with Gasteiger partial charge in [-0.15, -0.1) is 0 Å². The number of hydrogen-bond acceptors (Lipinski definition) is 8. The minimum absolute atomic E-state index is 0.0575. The van der Waals surface area contributed by atoms with Crippen LogP contribution in [-0.2, 0) is 4.74 Å². The number of fused-ring (bicyclic) bond motifs is 1. The third-order valence-electron chi connectivity index (χ3n) is 7.68. The second kappa shape index (κ2) is 10.3. The van der Waals surface area contributed by atoms with Gasteiger partial charge in [0.15, 0.2) is 6.29 Å². The first-order valence-electron chi connectivity index (χ1n) is 12.9. The topological polar surface area (TPSA) is 91.2 Å². The Hall–Kier alpha value is -3.33. The molecule has 3 aliphatic rings. The van der Waals surface area contributed by atoms with E-state index in [1.54, 1.807) is 12.4 Å². The summed E-state index contributed by atoms with van der Waals surface area (Å²) in [5.41, 5.74) is 2.21. The molecular formula is C27H36N6O3. The molecule has 2 N–H and O–H groups in total. The predicted molar refractivity (Wildman–Crippen MR) is 144 cm³/mol. The molecule has 1 saturated heterocycles. The number of rotatable bonds is 6. The number of aliphatic imine (C=N–C) groups is 1. The fourth-order valence-electron chi connectivity index (χ4n) is 5.54. The Labute approximate surface area is 212 Å². The van der Waals surface area contributed by atoms with Crippen molar-refractivity contribution < 1.29 is 9.53 Å². The van der Waals surface area contributed by atoms with Crippen LogP contribution in [0.4, 0.5) is 17.2 Å². The number of methoxy groups -OCH3 is 1. The standard InChI is InChI=1S/C27H36N6O3/c1-31-14-12-20(13-15-31)29-18-8-10-19(11-9-18)30-27-28-16-22-24(34)23(26(35)36-3)17-33(25(22)32(27)2)21-6-4-5-7-21/h8-11,16-17,20-21,27,29-30H,4-7,12-15H2,1-3H3. The maximum atomic E-state index is 13.1. The van der Waals surface area contributed by atoms with Gasteiger partial charge in [0.05, 0.1) is 12.7 Å². The number of likely N-dealkylation sites (tertiary alicyclic amines) is 1. The van der Waals surface area contributed by atoms with Crippen molar-refractivity contribution in [3.05, 3.63) is 51.8 Å². The largest absolute Gasteiger partial charge is 0.465 e. The second-order valence-corrected chi connectivity index (χ2v) is 10.2. The van der Waals surface area contributed by atoms with Crippen molar-refractivity contribution >= 4 is 29.4 Å². The lowest BCUT2D eigenvalue weighted by atomic mass is 10.1. The molecule has 0 bridgehead atoms. The minimum Gasteiger partial charge on any atom is -0.465 e. The first-order valence-corrected chi connectivity index (χ1v) is 12.9. The quantitative estimate of drug-likeness (QED) is 0.596. The predicted octanol–water partition coefficient (Wildman–Crippen LogP) is 3.52. The van der Waals surface area contributed by atoms with Crippen molar-refractivity contribution in [3.8, 4) is 0 Å². The summed E-state index contributed by atoms with van der Waals surface area (Å²) in [6.07, 6.45) is 9.52. The van der Waals surface area contributed by atoms with E-state index >= 15 is 0 Å². The van der Waals surface area contributed by atoms with Gasteiger partial charge < -0.3 is 29.7 Å². The zero-order valence-corrected chi connectivity index (χ0v) is 21.4. The van der Waals surface area contributed by atoms with E-state index < -0.39 is 5.97 Å². The van der Waals surface area contributed by atoms with Crippen LogP contribution in [0.3, 0.4) is 0 Å². The van der Waals surface area contributed by atoms with Crippen molar-refractivity contribution in [3.63, 3.8) is 0 Å². The number of ether oxygens (including phenoxy) is 1. The van der Waals surface area contributed by atoms with Gasteiger partial charge in [-0.25, -0.2) is 9.79 Å². The van der Waals surface area contributed by atoms with Crippen LogP contribution >= 0.6 is 0 Å². The van der Waals surface area contributed by atoms with Crippen LogP contribution < -0.4 is 21.0 Å². The molecule has 2 aliphatic heterocycles. The average molecular weight is 493 g/mol. The van der Waals surface area contributed by atoms with Crippen LogP contribution in [0.5, 0.6) is 0 Å². The van der Waals surface area contributed by atoms with Crippen molar-refractivity contribution in [2.24, 2.45) is 4.99 Å². The van der Waals surface area contributed by atoms with Crippen LogP contribution in [0.2, 0.25) is 0 Å². The van der Waals surface area contributed by atoms with Crippen LogP contribution in [0, 0.1) is 0 Å². The molecule has 0 amide bonds. The highest BCUT2D eigenvalue weighted by Crippen LogP contribution is 2.35. The minimum atomic E-state index is -0.611. The van der Waals surface area contributed by atoms with Crippen molar-refractivity contribution in [2.75, 3.05) is 49.8 Å². The Morgan fingerprint density at radius 2 is 1.64 bits per heavy atom. The average Bonchev–Trinajstić information content (AvgIpc) is 3.43. The van der Waals surface area contributed by atoms with E-state index in [-0.39, 0.29) is 23.3 Å². The van der Waals surface area contributed by atoms with Crippen LogP contribution in [0.25, 0.3) is 0 Å². The molecule has 1 atom stereocenters. The molecule has 3 heterocycles. The second-order valence-electron chi connectivity index (χ2n) is 10.2. The van der Waals surface area contributed by atoms with Crippen LogP contribution in [0.15, 0.2) is 40.2 Å². The van der Waals surface area contributed by atoms with E-state index in [0.717, 1.165) is 68.8 Å². The number of nitrogens with one attached hydrogen (secondary N) is 2. The fraction of sp³-hybridized carbons (Fsp3) is 0.519.